The average molecular weight is 267 g/mol. The summed E-state index contributed by atoms with van der Waals surface area (Å²) in [6.45, 7) is 0.0446. The van der Waals surface area contributed by atoms with Gasteiger partial charge in [-0.25, -0.2) is 4.79 Å². The van der Waals surface area contributed by atoms with Gasteiger partial charge >= 0.3 is 5.97 Å². The molecule has 0 atom stereocenters. The molecule has 20 heavy (non-hydrogen) atoms. The molecule has 0 heterocycles. The molecule has 0 aromatic heterocycles. The van der Waals surface area contributed by atoms with Gasteiger partial charge < -0.3 is 9.47 Å². The molecular formula is C16H13NO3. The summed E-state index contributed by atoms with van der Waals surface area (Å²) in [6, 6.07) is 18.1. The van der Waals surface area contributed by atoms with Crippen LogP contribution in [0, 0.1) is 11.3 Å². The molecule has 0 amide bonds. The Morgan fingerprint density at radius 1 is 1.10 bits per heavy atom. The summed E-state index contributed by atoms with van der Waals surface area (Å²) in [5, 5.41) is 8.75. The molecular weight excluding hydrogens is 254 g/mol. The molecule has 0 bridgehead atoms. The van der Waals surface area contributed by atoms with Gasteiger partial charge in [-0.1, -0.05) is 36.4 Å². The molecule has 0 saturated heterocycles. The first-order chi connectivity index (χ1) is 9.78. The molecule has 0 saturated carbocycles. The molecule has 2 aromatic carbocycles. The van der Waals surface area contributed by atoms with Crippen molar-refractivity contribution >= 4 is 5.97 Å². The number of hydrogen-bond donors (Lipinski definition) is 0. The predicted molar refractivity (Wildman–Crippen MR) is 72.9 cm³/mol. The van der Waals surface area contributed by atoms with E-state index in [1.165, 1.54) is 0 Å². The number of hydrogen-bond acceptors (Lipinski definition) is 4. The van der Waals surface area contributed by atoms with Crippen molar-refractivity contribution in [3.8, 4) is 11.8 Å². The zero-order valence-electron chi connectivity index (χ0n) is 10.8. The molecule has 0 radical (unpaired) electrons. The molecule has 0 N–H and O–H groups in total. The monoisotopic (exact) mass is 267 g/mol. The van der Waals surface area contributed by atoms with Gasteiger partial charge in [-0.3, -0.25) is 0 Å². The molecule has 0 aliphatic carbocycles. The van der Waals surface area contributed by atoms with Crippen molar-refractivity contribution in [3.05, 3.63) is 65.7 Å². The number of nitrogens with zero attached hydrogens (tertiary/aromatic N) is 1. The minimum absolute atomic E-state index is 0.179. The van der Waals surface area contributed by atoms with Crippen LogP contribution >= 0.6 is 0 Å². The largest absolute Gasteiger partial charge is 0.482 e. The number of rotatable bonds is 5. The minimum atomic E-state index is -0.448. The molecule has 0 aliphatic heterocycles. The molecule has 100 valence electrons. The van der Waals surface area contributed by atoms with Crippen LogP contribution in [0.4, 0.5) is 0 Å². The van der Waals surface area contributed by atoms with Gasteiger partial charge in [0.25, 0.3) is 0 Å². The van der Waals surface area contributed by atoms with Crippen molar-refractivity contribution in [2.24, 2.45) is 0 Å². The van der Waals surface area contributed by atoms with Crippen molar-refractivity contribution < 1.29 is 14.3 Å². The molecule has 0 spiro atoms. The Labute approximate surface area is 117 Å². The maximum absolute atomic E-state index is 11.5. The summed E-state index contributed by atoms with van der Waals surface area (Å²) < 4.78 is 10.4. The van der Waals surface area contributed by atoms with Crippen molar-refractivity contribution in [2.45, 2.75) is 6.61 Å². The highest BCUT2D eigenvalue weighted by Crippen LogP contribution is 2.12. The molecule has 0 unspecified atom stereocenters. The van der Waals surface area contributed by atoms with E-state index in [4.69, 9.17) is 14.7 Å². The Hall–Kier alpha value is -2.80. The van der Waals surface area contributed by atoms with E-state index in [2.05, 4.69) is 0 Å². The van der Waals surface area contributed by atoms with Crippen molar-refractivity contribution in [1.29, 1.82) is 5.26 Å². The minimum Gasteiger partial charge on any atom is -0.482 e. The third-order valence-corrected chi connectivity index (χ3v) is 2.56. The fraction of sp³-hybridized carbons (Fsp3) is 0.125. The number of carbonyl (C=O) groups is 1. The van der Waals surface area contributed by atoms with Gasteiger partial charge in [0.1, 0.15) is 12.4 Å². The van der Waals surface area contributed by atoms with Crippen LogP contribution in [0.25, 0.3) is 0 Å². The molecule has 0 fully saturated rings. The quantitative estimate of drug-likeness (QED) is 0.781. The van der Waals surface area contributed by atoms with Crippen molar-refractivity contribution in [2.75, 3.05) is 6.61 Å². The summed E-state index contributed by atoms with van der Waals surface area (Å²) in [5.41, 5.74) is 1.41. The number of esters is 1. The molecule has 4 nitrogen and oxygen atoms in total. The topological polar surface area (TPSA) is 59.3 Å². The third kappa shape index (κ3) is 4.14. The predicted octanol–water partition coefficient (Wildman–Crippen LogP) is 2.68. The van der Waals surface area contributed by atoms with E-state index >= 15 is 0 Å². The normalized spacial score (nSPS) is 9.55. The number of nitriles is 1. The van der Waals surface area contributed by atoms with Gasteiger partial charge in [0.05, 0.1) is 11.6 Å². The maximum Gasteiger partial charge on any atom is 0.344 e. The summed E-state index contributed by atoms with van der Waals surface area (Å²) in [6.07, 6.45) is 0. The van der Waals surface area contributed by atoms with E-state index in [0.717, 1.165) is 5.56 Å². The Morgan fingerprint density at radius 3 is 2.65 bits per heavy atom. The van der Waals surface area contributed by atoms with Crippen molar-refractivity contribution in [1.82, 2.24) is 0 Å². The van der Waals surface area contributed by atoms with E-state index in [9.17, 15) is 4.79 Å². The van der Waals surface area contributed by atoms with Crippen LogP contribution in [0.2, 0.25) is 0 Å². The van der Waals surface area contributed by atoms with E-state index < -0.39 is 5.97 Å². The lowest BCUT2D eigenvalue weighted by atomic mass is 10.2. The summed E-state index contributed by atoms with van der Waals surface area (Å²) in [5.74, 6) is 0.0249. The molecule has 4 heteroatoms. The first-order valence-corrected chi connectivity index (χ1v) is 6.10. The van der Waals surface area contributed by atoms with Gasteiger partial charge in [0.15, 0.2) is 6.61 Å². The van der Waals surface area contributed by atoms with Crippen LogP contribution in [-0.4, -0.2) is 12.6 Å². The second-order valence-corrected chi connectivity index (χ2v) is 4.07. The van der Waals surface area contributed by atoms with E-state index in [0.29, 0.717) is 11.3 Å². The van der Waals surface area contributed by atoms with Gasteiger partial charge in [0.2, 0.25) is 0 Å². The number of benzene rings is 2. The Bertz CT molecular complexity index is 617. The van der Waals surface area contributed by atoms with Crippen LogP contribution in [0.3, 0.4) is 0 Å². The van der Waals surface area contributed by atoms with Crippen LogP contribution in [0.5, 0.6) is 5.75 Å². The smallest absolute Gasteiger partial charge is 0.344 e. The van der Waals surface area contributed by atoms with Gasteiger partial charge in [-0.05, 0) is 23.8 Å². The fourth-order valence-electron chi connectivity index (χ4n) is 1.58. The third-order valence-electron chi connectivity index (χ3n) is 2.56. The van der Waals surface area contributed by atoms with Gasteiger partial charge in [0, 0.05) is 0 Å². The second-order valence-electron chi connectivity index (χ2n) is 4.07. The van der Waals surface area contributed by atoms with Crippen LogP contribution in [0.1, 0.15) is 11.1 Å². The Morgan fingerprint density at radius 2 is 1.90 bits per heavy atom. The Kier molecular flexibility index (Phi) is 4.74. The highest BCUT2D eigenvalue weighted by molar-refractivity contribution is 5.71. The molecule has 2 rings (SSSR count). The van der Waals surface area contributed by atoms with Crippen LogP contribution in [0.15, 0.2) is 54.6 Å². The second kappa shape index (κ2) is 6.95. The SMILES string of the molecule is N#Cc1cccc(OCC(=O)OCc2ccccc2)c1. The summed E-state index contributed by atoms with van der Waals surface area (Å²) >= 11 is 0. The van der Waals surface area contributed by atoms with E-state index in [1.54, 1.807) is 24.3 Å². The zero-order valence-corrected chi connectivity index (χ0v) is 10.8. The first kappa shape index (κ1) is 13.6. The molecule has 2 aromatic rings. The fourth-order valence-corrected chi connectivity index (χ4v) is 1.58. The average Bonchev–Trinajstić information content (AvgIpc) is 2.52. The maximum atomic E-state index is 11.5. The van der Waals surface area contributed by atoms with Gasteiger partial charge in [-0.2, -0.15) is 5.26 Å². The van der Waals surface area contributed by atoms with E-state index in [1.807, 2.05) is 36.4 Å². The van der Waals surface area contributed by atoms with Gasteiger partial charge in [-0.15, -0.1) is 0 Å². The van der Waals surface area contributed by atoms with Crippen LogP contribution in [-0.2, 0) is 16.1 Å². The lowest BCUT2D eigenvalue weighted by molar-refractivity contribution is -0.147. The first-order valence-electron chi connectivity index (χ1n) is 6.10. The standard InChI is InChI=1S/C16H13NO3/c17-10-14-7-4-8-15(9-14)19-12-16(18)20-11-13-5-2-1-3-6-13/h1-9H,11-12H2. The van der Waals surface area contributed by atoms with E-state index in [-0.39, 0.29) is 13.2 Å². The zero-order chi connectivity index (χ0) is 14.2. The summed E-state index contributed by atoms with van der Waals surface area (Å²) in [7, 11) is 0. The number of carbonyl (C=O) groups excluding carboxylic acids is 1. The lowest BCUT2D eigenvalue weighted by Gasteiger charge is -2.07. The summed E-state index contributed by atoms with van der Waals surface area (Å²) in [4.78, 5) is 11.5. The van der Waals surface area contributed by atoms with Crippen LogP contribution < -0.4 is 4.74 Å². The van der Waals surface area contributed by atoms with Crippen molar-refractivity contribution in [3.63, 3.8) is 0 Å². The Balaban J connectivity index is 1.79. The molecule has 0 aliphatic rings. The lowest BCUT2D eigenvalue weighted by Crippen LogP contribution is -2.14. The highest BCUT2D eigenvalue weighted by Gasteiger charge is 2.05. The highest BCUT2D eigenvalue weighted by atomic mass is 16.6. The number of ether oxygens (including phenoxy) is 2.